The molecule has 24 heavy (non-hydrogen) atoms. The van der Waals surface area contributed by atoms with Gasteiger partial charge in [-0.25, -0.2) is 4.98 Å². The first-order chi connectivity index (χ1) is 11.5. The molecule has 0 saturated carbocycles. The van der Waals surface area contributed by atoms with E-state index in [0.29, 0.717) is 38.9 Å². The van der Waals surface area contributed by atoms with Crippen LogP contribution in [0.4, 0.5) is 5.69 Å². The molecule has 124 valence electrons. The number of nitrogens with one attached hydrogen (secondary N) is 1. The van der Waals surface area contributed by atoms with Gasteiger partial charge in [0.05, 0.1) is 40.8 Å². The minimum absolute atomic E-state index is 0.0320. The van der Waals surface area contributed by atoms with Gasteiger partial charge in [-0.2, -0.15) is 0 Å². The summed E-state index contributed by atoms with van der Waals surface area (Å²) in [6, 6.07) is 5.97. The van der Waals surface area contributed by atoms with Gasteiger partial charge in [0.2, 0.25) is 0 Å². The first-order valence-electron chi connectivity index (χ1n) is 6.70. The van der Waals surface area contributed by atoms with E-state index in [-0.39, 0.29) is 10.7 Å². The summed E-state index contributed by atoms with van der Waals surface area (Å²) >= 11 is 12.5. The quantitative estimate of drug-likeness (QED) is 0.542. The number of nitro groups is 1. The third kappa shape index (κ3) is 2.61. The highest BCUT2D eigenvalue weighted by Crippen LogP contribution is 2.45. The smallest absolute Gasteiger partial charge is 0.271 e. The Hall–Kier alpha value is -2.51. The van der Waals surface area contributed by atoms with E-state index in [1.54, 1.807) is 12.1 Å². The number of nitro benzene ring substituents is 1. The Morgan fingerprint density at radius 1 is 1.17 bits per heavy atom. The predicted molar refractivity (Wildman–Crippen MR) is 91.3 cm³/mol. The lowest BCUT2D eigenvalue weighted by atomic mass is 10.1. The maximum Gasteiger partial charge on any atom is 0.271 e. The molecule has 0 spiro atoms. The second-order valence-electron chi connectivity index (χ2n) is 4.83. The van der Waals surface area contributed by atoms with Crippen molar-refractivity contribution in [3.05, 3.63) is 44.4 Å². The Bertz CT molecular complexity index is 956. The van der Waals surface area contributed by atoms with Crippen LogP contribution in [-0.4, -0.2) is 29.1 Å². The molecule has 0 radical (unpaired) electrons. The van der Waals surface area contributed by atoms with Crippen LogP contribution in [-0.2, 0) is 0 Å². The van der Waals surface area contributed by atoms with Crippen molar-refractivity contribution in [1.82, 2.24) is 9.97 Å². The van der Waals surface area contributed by atoms with E-state index < -0.39 is 4.92 Å². The van der Waals surface area contributed by atoms with Gasteiger partial charge in [0.15, 0.2) is 11.5 Å². The minimum Gasteiger partial charge on any atom is -0.494 e. The first-order valence-corrected chi connectivity index (χ1v) is 7.46. The van der Waals surface area contributed by atoms with Crippen LogP contribution < -0.4 is 9.47 Å². The first kappa shape index (κ1) is 16.4. The molecule has 3 aromatic rings. The van der Waals surface area contributed by atoms with Crippen molar-refractivity contribution in [3.8, 4) is 22.9 Å². The monoisotopic (exact) mass is 367 g/mol. The molecule has 2 aromatic carbocycles. The highest BCUT2D eigenvalue weighted by molar-refractivity contribution is 6.38. The number of methoxy groups -OCH3 is 2. The molecule has 0 atom stereocenters. The molecule has 1 aromatic heterocycles. The van der Waals surface area contributed by atoms with E-state index in [2.05, 4.69) is 9.97 Å². The molecule has 0 unspecified atom stereocenters. The Kier molecular flexibility index (Phi) is 4.21. The van der Waals surface area contributed by atoms with Crippen molar-refractivity contribution in [1.29, 1.82) is 0 Å². The number of aromatic nitrogens is 2. The topological polar surface area (TPSA) is 90.3 Å². The van der Waals surface area contributed by atoms with Crippen LogP contribution in [0.2, 0.25) is 10.0 Å². The van der Waals surface area contributed by atoms with Crippen molar-refractivity contribution in [2.45, 2.75) is 0 Å². The number of benzene rings is 2. The molecular formula is C15H11Cl2N3O4. The molecule has 0 saturated heterocycles. The molecule has 1 N–H and O–H groups in total. The number of halogens is 2. The van der Waals surface area contributed by atoms with E-state index in [4.69, 9.17) is 32.7 Å². The number of nitrogens with zero attached hydrogens (tertiary/aromatic N) is 2. The summed E-state index contributed by atoms with van der Waals surface area (Å²) in [6.07, 6.45) is 0. The molecule has 0 bridgehead atoms. The number of rotatable bonds is 4. The number of ether oxygens (including phenoxy) is 2. The number of non-ortho nitro benzene ring substituents is 1. The fraction of sp³-hybridized carbons (Fsp3) is 0.133. The number of hydrogen-bond acceptors (Lipinski definition) is 5. The summed E-state index contributed by atoms with van der Waals surface area (Å²) < 4.78 is 10.5. The molecule has 1 heterocycles. The van der Waals surface area contributed by atoms with Gasteiger partial charge in [-0.05, 0) is 12.1 Å². The second-order valence-corrected chi connectivity index (χ2v) is 5.62. The van der Waals surface area contributed by atoms with Crippen LogP contribution in [0.3, 0.4) is 0 Å². The molecule has 0 amide bonds. The van der Waals surface area contributed by atoms with Gasteiger partial charge in [-0.15, -0.1) is 0 Å². The zero-order valence-corrected chi connectivity index (χ0v) is 14.1. The lowest BCUT2D eigenvalue weighted by molar-refractivity contribution is -0.384. The van der Waals surface area contributed by atoms with Crippen molar-refractivity contribution in [2.24, 2.45) is 0 Å². The highest BCUT2D eigenvalue weighted by atomic mass is 35.5. The molecule has 7 nitrogen and oxygen atoms in total. The predicted octanol–water partition coefficient (Wildman–Crippen LogP) is 4.46. The van der Waals surface area contributed by atoms with Crippen molar-refractivity contribution >= 4 is 39.9 Å². The Balaban J connectivity index is 2.22. The summed E-state index contributed by atoms with van der Waals surface area (Å²) in [5.41, 5.74) is 1.58. The Morgan fingerprint density at radius 3 is 2.50 bits per heavy atom. The summed E-state index contributed by atoms with van der Waals surface area (Å²) in [5, 5.41) is 11.4. The van der Waals surface area contributed by atoms with Crippen molar-refractivity contribution in [3.63, 3.8) is 0 Å². The van der Waals surface area contributed by atoms with E-state index in [1.807, 2.05) is 0 Å². The van der Waals surface area contributed by atoms with E-state index in [9.17, 15) is 10.1 Å². The number of H-pyrrole nitrogens is 1. The van der Waals surface area contributed by atoms with E-state index >= 15 is 0 Å². The summed E-state index contributed by atoms with van der Waals surface area (Å²) in [7, 11) is 2.91. The van der Waals surface area contributed by atoms with Gasteiger partial charge in [0, 0.05) is 12.1 Å². The Morgan fingerprint density at radius 2 is 1.88 bits per heavy atom. The highest BCUT2D eigenvalue weighted by Gasteiger charge is 2.21. The third-order valence-corrected chi connectivity index (χ3v) is 4.09. The molecule has 9 heteroatoms. The van der Waals surface area contributed by atoms with E-state index in [1.165, 1.54) is 26.4 Å². The fourth-order valence-electron chi connectivity index (χ4n) is 2.39. The average Bonchev–Trinajstić information content (AvgIpc) is 2.97. The second kappa shape index (κ2) is 6.18. The molecule has 0 fully saturated rings. The van der Waals surface area contributed by atoms with Crippen LogP contribution in [0.1, 0.15) is 0 Å². The molecule has 0 aliphatic rings. The summed E-state index contributed by atoms with van der Waals surface area (Å²) in [5.74, 6) is 1.06. The van der Waals surface area contributed by atoms with Crippen LogP contribution in [0.25, 0.3) is 22.4 Å². The number of hydrogen-bond donors (Lipinski definition) is 1. The van der Waals surface area contributed by atoms with Crippen LogP contribution in [0.5, 0.6) is 11.5 Å². The summed E-state index contributed by atoms with van der Waals surface area (Å²) in [4.78, 5) is 17.8. The van der Waals surface area contributed by atoms with Crippen LogP contribution in [0.15, 0.2) is 24.3 Å². The van der Waals surface area contributed by atoms with Gasteiger partial charge in [0.25, 0.3) is 5.69 Å². The van der Waals surface area contributed by atoms with Crippen LogP contribution in [0, 0.1) is 10.1 Å². The SMILES string of the molecule is COc1c(Cl)cc(-c2nc3ccc([N+](=O)[O-])cc3[nH]2)c(OC)c1Cl. The van der Waals surface area contributed by atoms with Gasteiger partial charge in [-0.3, -0.25) is 10.1 Å². The maximum atomic E-state index is 10.9. The largest absolute Gasteiger partial charge is 0.494 e. The Labute approximate surface area is 146 Å². The molecule has 0 aliphatic carbocycles. The maximum absolute atomic E-state index is 10.9. The molecule has 3 rings (SSSR count). The number of fused-ring (bicyclic) bond motifs is 1. The van der Waals surface area contributed by atoms with Gasteiger partial charge >= 0.3 is 0 Å². The normalized spacial score (nSPS) is 10.8. The van der Waals surface area contributed by atoms with Gasteiger partial charge in [-0.1, -0.05) is 23.2 Å². The fourth-order valence-corrected chi connectivity index (χ4v) is 3.07. The van der Waals surface area contributed by atoms with Gasteiger partial charge < -0.3 is 14.5 Å². The number of aromatic amines is 1. The zero-order valence-electron chi connectivity index (χ0n) is 12.6. The van der Waals surface area contributed by atoms with Gasteiger partial charge in [0.1, 0.15) is 10.8 Å². The average molecular weight is 368 g/mol. The van der Waals surface area contributed by atoms with Crippen molar-refractivity contribution in [2.75, 3.05) is 14.2 Å². The lowest BCUT2D eigenvalue weighted by Gasteiger charge is -2.13. The zero-order chi connectivity index (χ0) is 17.4. The van der Waals surface area contributed by atoms with Crippen LogP contribution >= 0.6 is 23.2 Å². The number of imidazole rings is 1. The van der Waals surface area contributed by atoms with Crippen molar-refractivity contribution < 1.29 is 14.4 Å². The minimum atomic E-state index is -0.471. The third-order valence-electron chi connectivity index (χ3n) is 3.47. The summed E-state index contributed by atoms with van der Waals surface area (Å²) in [6.45, 7) is 0. The molecular weight excluding hydrogens is 357 g/mol. The van der Waals surface area contributed by atoms with E-state index in [0.717, 1.165) is 0 Å². The molecule has 0 aliphatic heterocycles. The lowest BCUT2D eigenvalue weighted by Crippen LogP contribution is -1.94. The standard InChI is InChI=1S/C15H11Cl2N3O4/c1-23-13-8(6-9(16)14(24-2)12(13)17)15-18-10-4-3-7(20(21)22)5-11(10)19-15/h3-6H,1-2H3,(H,18,19).